The molecular formula is C26H21IN2O5. The molecule has 0 atom stereocenters. The number of benzene rings is 3. The predicted molar refractivity (Wildman–Crippen MR) is 137 cm³/mol. The summed E-state index contributed by atoms with van der Waals surface area (Å²) in [7, 11) is 0. The minimum Gasteiger partial charge on any atom is -0.490 e. The van der Waals surface area contributed by atoms with E-state index in [4.69, 9.17) is 14.6 Å². The highest BCUT2D eigenvalue weighted by molar-refractivity contribution is 14.1. The second-order valence-corrected chi connectivity index (χ2v) is 8.31. The molecular weight excluding hydrogens is 547 g/mol. The number of hydrogen-bond donors (Lipinski definition) is 2. The van der Waals surface area contributed by atoms with E-state index in [1.54, 1.807) is 24.3 Å². The minimum atomic E-state index is -1.11. The Kier molecular flexibility index (Phi) is 8.65. The Morgan fingerprint density at radius 1 is 1.06 bits per heavy atom. The Balaban J connectivity index is 1.78. The quantitative estimate of drug-likeness (QED) is 0.200. The molecule has 172 valence electrons. The number of rotatable bonds is 9. The molecule has 34 heavy (non-hydrogen) atoms. The van der Waals surface area contributed by atoms with Crippen molar-refractivity contribution in [2.24, 2.45) is 0 Å². The standard InChI is InChI=1S/C26H21IN2O5/c1-2-33-24-13-18(8-11-23(24)34-16-17-6-9-21(27)10-7-17)12-20(15-28)25(30)29-22-5-3-4-19(14-22)26(31)32/h3-14H,2,16H2,1H3,(H,29,30)(H,31,32)/b20-12-. The van der Waals surface area contributed by atoms with E-state index in [9.17, 15) is 14.9 Å². The van der Waals surface area contributed by atoms with Crippen LogP contribution >= 0.6 is 22.6 Å². The van der Waals surface area contributed by atoms with Crippen molar-refractivity contribution in [1.82, 2.24) is 0 Å². The van der Waals surface area contributed by atoms with Crippen LogP contribution in [-0.2, 0) is 11.4 Å². The lowest BCUT2D eigenvalue weighted by molar-refractivity contribution is -0.112. The van der Waals surface area contributed by atoms with Gasteiger partial charge in [-0.15, -0.1) is 0 Å². The number of carboxylic acids is 1. The van der Waals surface area contributed by atoms with Crippen molar-refractivity contribution < 1.29 is 24.2 Å². The summed E-state index contributed by atoms with van der Waals surface area (Å²) in [6, 6.07) is 20.8. The van der Waals surface area contributed by atoms with Gasteiger partial charge in [0.15, 0.2) is 11.5 Å². The van der Waals surface area contributed by atoms with Gasteiger partial charge in [0.05, 0.1) is 12.2 Å². The SMILES string of the molecule is CCOc1cc(/C=C(/C#N)C(=O)Nc2cccc(C(=O)O)c2)ccc1OCc1ccc(I)cc1. The first-order valence-corrected chi connectivity index (χ1v) is 11.4. The van der Waals surface area contributed by atoms with Gasteiger partial charge in [-0.05, 0) is 89.2 Å². The molecule has 2 N–H and O–H groups in total. The van der Waals surface area contributed by atoms with E-state index in [-0.39, 0.29) is 16.8 Å². The van der Waals surface area contributed by atoms with Gasteiger partial charge in [0.25, 0.3) is 5.91 Å². The molecule has 0 aliphatic heterocycles. The summed E-state index contributed by atoms with van der Waals surface area (Å²) < 4.78 is 12.8. The third kappa shape index (κ3) is 6.83. The number of aromatic carboxylic acids is 1. The Labute approximate surface area is 210 Å². The van der Waals surface area contributed by atoms with Gasteiger partial charge in [0.1, 0.15) is 18.2 Å². The summed E-state index contributed by atoms with van der Waals surface area (Å²) in [6.45, 7) is 2.64. The fourth-order valence-corrected chi connectivity index (χ4v) is 3.35. The molecule has 0 bridgehead atoms. The van der Waals surface area contributed by atoms with Crippen LogP contribution in [0.25, 0.3) is 6.08 Å². The van der Waals surface area contributed by atoms with Crippen LogP contribution < -0.4 is 14.8 Å². The molecule has 0 aromatic heterocycles. The molecule has 0 saturated carbocycles. The van der Waals surface area contributed by atoms with E-state index in [2.05, 4.69) is 27.9 Å². The van der Waals surface area contributed by atoms with Crippen LogP contribution in [0.4, 0.5) is 5.69 Å². The highest BCUT2D eigenvalue weighted by Gasteiger charge is 2.13. The Bertz CT molecular complexity index is 1260. The highest BCUT2D eigenvalue weighted by Crippen LogP contribution is 2.30. The lowest BCUT2D eigenvalue weighted by Gasteiger charge is -2.13. The van der Waals surface area contributed by atoms with E-state index in [0.29, 0.717) is 30.3 Å². The highest BCUT2D eigenvalue weighted by atomic mass is 127. The normalized spacial score (nSPS) is 10.8. The summed E-state index contributed by atoms with van der Waals surface area (Å²) in [6.07, 6.45) is 1.43. The summed E-state index contributed by atoms with van der Waals surface area (Å²) in [4.78, 5) is 23.7. The number of carbonyl (C=O) groups excluding carboxylic acids is 1. The smallest absolute Gasteiger partial charge is 0.335 e. The largest absolute Gasteiger partial charge is 0.490 e. The zero-order valence-electron chi connectivity index (χ0n) is 18.2. The number of ether oxygens (including phenoxy) is 2. The molecule has 0 heterocycles. The molecule has 3 aromatic carbocycles. The van der Waals surface area contributed by atoms with Crippen LogP contribution in [0, 0.1) is 14.9 Å². The van der Waals surface area contributed by atoms with Gasteiger partial charge in [0, 0.05) is 9.26 Å². The summed E-state index contributed by atoms with van der Waals surface area (Å²) in [5, 5.41) is 21.2. The molecule has 0 spiro atoms. The van der Waals surface area contributed by atoms with E-state index in [1.165, 1.54) is 24.3 Å². The monoisotopic (exact) mass is 568 g/mol. The van der Waals surface area contributed by atoms with Crippen molar-refractivity contribution in [1.29, 1.82) is 5.26 Å². The number of halogens is 1. The molecule has 0 aliphatic carbocycles. The molecule has 3 aromatic rings. The number of nitrogens with zero attached hydrogens (tertiary/aromatic N) is 1. The Morgan fingerprint density at radius 3 is 2.50 bits per heavy atom. The van der Waals surface area contributed by atoms with Crippen molar-refractivity contribution >= 4 is 46.2 Å². The van der Waals surface area contributed by atoms with E-state index >= 15 is 0 Å². The van der Waals surface area contributed by atoms with Gasteiger partial charge in [0.2, 0.25) is 0 Å². The molecule has 0 saturated heterocycles. The first-order valence-electron chi connectivity index (χ1n) is 10.3. The zero-order valence-corrected chi connectivity index (χ0v) is 20.4. The first kappa shape index (κ1) is 24.8. The summed E-state index contributed by atoms with van der Waals surface area (Å²) in [5.41, 5.74) is 1.76. The van der Waals surface area contributed by atoms with Crippen LogP contribution in [0.15, 0.2) is 72.3 Å². The van der Waals surface area contributed by atoms with Crippen molar-refractivity contribution in [3.63, 3.8) is 0 Å². The second kappa shape index (κ2) is 11.9. The van der Waals surface area contributed by atoms with Crippen LogP contribution in [-0.4, -0.2) is 23.6 Å². The third-order valence-corrected chi connectivity index (χ3v) is 5.34. The summed E-state index contributed by atoms with van der Waals surface area (Å²) >= 11 is 2.24. The molecule has 0 fully saturated rings. The van der Waals surface area contributed by atoms with Gasteiger partial charge in [-0.25, -0.2) is 4.79 Å². The predicted octanol–water partition coefficient (Wildman–Crippen LogP) is 5.51. The van der Waals surface area contributed by atoms with E-state index in [0.717, 1.165) is 9.13 Å². The molecule has 0 aliphatic rings. The lowest BCUT2D eigenvalue weighted by atomic mass is 10.1. The van der Waals surface area contributed by atoms with E-state index < -0.39 is 11.9 Å². The van der Waals surface area contributed by atoms with Gasteiger partial charge < -0.3 is 19.9 Å². The van der Waals surface area contributed by atoms with Crippen LogP contribution in [0.5, 0.6) is 11.5 Å². The number of carbonyl (C=O) groups is 2. The zero-order chi connectivity index (χ0) is 24.5. The van der Waals surface area contributed by atoms with Gasteiger partial charge in [-0.3, -0.25) is 4.79 Å². The maximum atomic E-state index is 12.6. The fourth-order valence-electron chi connectivity index (χ4n) is 2.99. The summed E-state index contributed by atoms with van der Waals surface area (Å²) in [5.74, 6) is -0.721. The molecule has 3 rings (SSSR count). The number of amides is 1. The number of carboxylic acid groups (broad SMARTS) is 1. The van der Waals surface area contributed by atoms with E-state index in [1.807, 2.05) is 37.3 Å². The molecule has 0 radical (unpaired) electrons. The second-order valence-electron chi connectivity index (χ2n) is 7.06. The number of anilines is 1. The van der Waals surface area contributed by atoms with Crippen LogP contribution in [0.2, 0.25) is 0 Å². The fraction of sp³-hybridized carbons (Fsp3) is 0.115. The molecule has 8 heteroatoms. The van der Waals surface area contributed by atoms with Crippen molar-refractivity contribution in [2.45, 2.75) is 13.5 Å². The van der Waals surface area contributed by atoms with Crippen molar-refractivity contribution in [3.05, 3.63) is 92.6 Å². The minimum absolute atomic E-state index is 0.0301. The number of nitriles is 1. The van der Waals surface area contributed by atoms with Gasteiger partial charge in [-0.1, -0.05) is 24.3 Å². The van der Waals surface area contributed by atoms with Gasteiger partial charge >= 0.3 is 5.97 Å². The van der Waals surface area contributed by atoms with Gasteiger partial charge in [-0.2, -0.15) is 5.26 Å². The van der Waals surface area contributed by atoms with Crippen LogP contribution in [0.3, 0.4) is 0 Å². The third-order valence-electron chi connectivity index (χ3n) is 4.62. The molecule has 0 unspecified atom stereocenters. The lowest BCUT2D eigenvalue weighted by Crippen LogP contribution is -2.14. The van der Waals surface area contributed by atoms with Crippen molar-refractivity contribution in [3.8, 4) is 17.6 Å². The molecule has 1 amide bonds. The van der Waals surface area contributed by atoms with Crippen molar-refractivity contribution in [2.75, 3.05) is 11.9 Å². The molecule has 7 nitrogen and oxygen atoms in total. The Morgan fingerprint density at radius 2 is 1.82 bits per heavy atom. The van der Waals surface area contributed by atoms with Crippen LogP contribution in [0.1, 0.15) is 28.4 Å². The average molecular weight is 568 g/mol. The topological polar surface area (TPSA) is 109 Å². The Hall–Kier alpha value is -3.84. The maximum absolute atomic E-state index is 12.6. The number of nitrogens with one attached hydrogen (secondary N) is 1. The number of hydrogen-bond acceptors (Lipinski definition) is 5. The first-order chi connectivity index (χ1) is 16.4. The average Bonchev–Trinajstić information content (AvgIpc) is 2.83. The maximum Gasteiger partial charge on any atom is 0.335 e.